The van der Waals surface area contributed by atoms with Gasteiger partial charge in [-0.3, -0.25) is 14.3 Å². The summed E-state index contributed by atoms with van der Waals surface area (Å²) in [5.41, 5.74) is 2.79. The van der Waals surface area contributed by atoms with Crippen LogP contribution in [-0.4, -0.2) is 51.3 Å². The molecular weight excluding hydrogens is 360 g/mol. The van der Waals surface area contributed by atoms with Gasteiger partial charge in [-0.15, -0.1) is 10.2 Å². The Labute approximate surface area is 161 Å². The van der Waals surface area contributed by atoms with Crippen molar-refractivity contribution in [3.8, 4) is 0 Å². The fraction of sp³-hybridized carbons (Fsp3) is 0.211. The van der Waals surface area contributed by atoms with Crippen molar-refractivity contribution in [2.24, 2.45) is 5.10 Å². The first-order valence-corrected chi connectivity index (χ1v) is 8.53. The van der Waals surface area contributed by atoms with Gasteiger partial charge in [-0.05, 0) is 32.0 Å². The second-order valence-corrected chi connectivity index (χ2v) is 6.03. The van der Waals surface area contributed by atoms with E-state index in [0.717, 1.165) is 17.0 Å². The monoisotopic (exact) mass is 380 g/mol. The van der Waals surface area contributed by atoms with E-state index in [-0.39, 0.29) is 12.5 Å². The summed E-state index contributed by atoms with van der Waals surface area (Å²) in [7, 11) is 1.29. The summed E-state index contributed by atoms with van der Waals surface area (Å²) in [5.74, 6) is -0.827. The molecule has 0 bridgehead atoms. The van der Waals surface area contributed by atoms with Crippen molar-refractivity contribution in [1.82, 2.24) is 19.5 Å². The van der Waals surface area contributed by atoms with E-state index in [1.807, 2.05) is 26.0 Å². The van der Waals surface area contributed by atoms with E-state index < -0.39 is 5.97 Å². The van der Waals surface area contributed by atoms with E-state index in [1.54, 1.807) is 35.2 Å². The predicted octanol–water partition coefficient (Wildman–Crippen LogP) is 1.53. The molecule has 0 aliphatic rings. The molecule has 2 heterocycles. The van der Waals surface area contributed by atoms with Crippen molar-refractivity contribution in [2.75, 3.05) is 18.7 Å². The van der Waals surface area contributed by atoms with Crippen molar-refractivity contribution in [2.45, 2.75) is 13.8 Å². The van der Waals surface area contributed by atoms with Crippen molar-refractivity contribution < 1.29 is 14.3 Å². The molecule has 0 N–H and O–H groups in total. The standard InChI is InChI=1S/C19H20N6O3/c1-14-9-17(10-22-23-12-20-21-13-23)15(2)25(14)24(11-18(26)28-3)19(27)16-7-5-4-6-8-16/h4-10,12-13H,11H2,1-3H3/b22-10-. The van der Waals surface area contributed by atoms with E-state index in [4.69, 9.17) is 4.74 Å². The van der Waals surface area contributed by atoms with Gasteiger partial charge in [0.1, 0.15) is 19.2 Å². The number of ether oxygens (including phenoxy) is 1. The summed E-state index contributed by atoms with van der Waals surface area (Å²) in [4.78, 5) is 25.1. The topological polar surface area (TPSA) is 94.6 Å². The number of esters is 1. The van der Waals surface area contributed by atoms with E-state index in [1.165, 1.54) is 29.4 Å². The summed E-state index contributed by atoms with van der Waals surface area (Å²) in [6.07, 6.45) is 4.59. The average Bonchev–Trinajstić information content (AvgIpc) is 3.32. The lowest BCUT2D eigenvalue weighted by Crippen LogP contribution is -2.45. The Hall–Kier alpha value is -3.75. The maximum Gasteiger partial charge on any atom is 0.327 e. The van der Waals surface area contributed by atoms with Gasteiger partial charge < -0.3 is 4.74 Å². The molecule has 28 heavy (non-hydrogen) atoms. The van der Waals surface area contributed by atoms with Crippen LogP contribution in [0.25, 0.3) is 0 Å². The Morgan fingerprint density at radius 3 is 2.50 bits per heavy atom. The zero-order valence-corrected chi connectivity index (χ0v) is 15.8. The van der Waals surface area contributed by atoms with Crippen molar-refractivity contribution in [1.29, 1.82) is 0 Å². The molecule has 0 spiro atoms. The SMILES string of the molecule is COC(=O)CN(C(=O)c1ccccc1)n1c(C)cc(/C=N\n2cnnc2)c1C. The van der Waals surface area contributed by atoms with Crippen LogP contribution in [0.1, 0.15) is 27.3 Å². The van der Waals surface area contributed by atoms with E-state index in [0.29, 0.717) is 5.56 Å². The number of hydrogen-bond acceptors (Lipinski definition) is 6. The highest BCUT2D eigenvalue weighted by molar-refractivity contribution is 6.04. The quantitative estimate of drug-likeness (QED) is 0.477. The van der Waals surface area contributed by atoms with Crippen LogP contribution in [0.2, 0.25) is 0 Å². The number of hydrogen-bond donors (Lipinski definition) is 0. The van der Waals surface area contributed by atoms with Gasteiger partial charge in [-0.2, -0.15) is 5.10 Å². The lowest BCUT2D eigenvalue weighted by Gasteiger charge is -2.26. The summed E-state index contributed by atoms with van der Waals surface area (Å²) in [6, 6.07) is 10.7. The fourth-order valence-electron chi connectivity index (χ4n) is 2.81. The maximum atomic E-state index is 13.1. The first kappa shape index (κ1) is 19.0. The highest BCUT2D eigenvalue weighted by Gasteiger charge is 2.24. The van der Waals surface area contributed by atoms with Crippen LogP contribution in [-0.2, 0) is 9.53 Å². The molecule has 144 valence electrons. The van der Waals surface area contributed by atoms with Crippen LogP contribution in [0.5, 0.6) is 0 Å². The highest BCUT2D eigenvalue weighted by atomic mass is 16.5. The van der Waals surface area contributed by atoms with E-state index >= 15 is 0 Å². The molecular formula is C19H20N6O3. The minimum Gasteiger partial charge on any atom is -0.468 e. The second-order valence-electron chi connectivity index (χ2n) is 6.03. The molecule has 2 aromatic heterocycles. The molecule has 0 saturated carbocycles. The number of nitrogens with zero attached hydrogens (tertiary/aromatic N) is 6. The lowest BCUT2D eigenvalue weighted by molar-refractivity contribution is -0.139. The van der Waals surface area contributed by atoms with Crippen LogP contribution in [0.15, 0.2) is 54.2 Å². The van der Waals surface area contributed by atoms with Crippen LogP contribution < -0.4 is 5.01 Å². The molecule has 9 nitrogen and oxygen atoms in total. The number of aryl methyl sites for hydroxylation is 1. The number of benzene rings is 1. The smallest absolute Gasteiger partial charge is 0.327 e. The Balaban J connectivity index is 2.00. The number of carbonyl (C=O) groups excluding carboxylic acids is 2. The lowest BCUT2D eigenvalue weighted by atomic mass is 10.2. The number of carbonyl (C=O) groups is 2. The van der Waals surface area contributed by atoms with Crippen LogP contribution in [0.4, 0.5) is 0 Å². The third kappa shape index (κ3) is 3.98. The molecule has 1 aromatic carbocycles. The van der Waals surface area contributed by atoms with Gasteiger partial charge in [0.15, 0.2) is 0 Å². The minimum atomic E-state index is -0.517. The average molecular weight is 380 g/mol. The van der Waals surface area contributed by atoms with Gasteiger partial charge in [-0.1, -0.05) is 18.2 Å². The molecule has 0 unspecified atom stereocenters. The Morgan fingerprint density at radius 1 is 1.18 bits per heavy atom. The Morgan fingerprint density at radius 2 is 1.86 bits per heavy atom. The van der Waals surface area contributed by atoms with Crippen LogP contribution in [0, 0.1) is 13.8 Å². The van der Waals surface area contributed by atoms with Crippen LogP contribution >= 0.6 is 0 Å². The van der Waals surface area contributed by atoms with Gasteiger partial charge in [-0.25, -0.2) is 9.69 Å². The maximum absolute atomic E-state index is 13.1. The molecule has 3 rings (SSSR count). The zero-order valence-electron chi connectivity index (χ0n) is 15.8. The molecule has 0 saturated heterocycles. The Kier molecular flexibility index (Phi) is 5.64. The molecule has 0 radical (unpaired) electrons. The molecule has 1 amide bonds. The summed E-state index contributed by atoms with van der Waals surface area (Å²) >= 11 is 0. The van der Waals surface area contributed by atoms with Crippen molar-refractivity contribution in [3.05, 3.63) is 71.6 Å². The number of rotatable bonds is 6. The number of aromatic nitrogens is 4. The molecule has 0 atom stereocenters. The van der Waals surface area contributed by atoms with Crippen LogP contribution in [0.3, 0.4) is 0 Å². The fourth-order valence-corrected chi connectivity index (χ4v) is 2.81. The summed E-state index contributed by atoms with van der Waals surface area (Å²) < 4.78 is 7.94. The van der Waals surface area contributed by atoms with Gasteiger partial charge in [0.25, 0.3) is 5.91 Å². The second kappa shape index (κ2) is 8.30. The molecule has 9 heteroatoms. The third-order valence-electron chi connectivity index (χ3n) is 4.17. The number of amides is 1. The van der Waals surface area contributed by atoms with Gasteiger partial charge in [0.2, 0.25) is 0 Å². The van der Waals surface area contributed by atoms with E-state index in [2.05, 4.69) is 15.3 Å². The largest absolute Gasteiger partial charge is 0.468 e. The predicted molar refractivity (Wildman–Crippen MR) is 103 cm³/mol. The highest BCUT2D eigenvalue weighted by Crippen LogP contribution is 2.16. The third-order valence-corrected chi connectivity index (χ3v) is 4.17. The van der Waals surface area contributed by atoms with Gasteiger partial charge in [0.05, 0.1) is 13.3 Å². The van der Waals surface area contributed by atoms with Gasteiger partial charge >= 0.3 is 5.97 Å². The van der Waals surface area contributed by atoms with E-state index in [9.17, 15) is 9.59 Å². The first-order chi connectivity index (χ1) is 13.5. The summed E-state index contributed by atoms with van der Waals surface area (Å²) in [5, 5.41) is 13.0. The van der Waals surface area contributed by atoms with Crippen molar-refractivity contribution >= 4 is 18.1 Å². The normalized spacial score (nSPS) is 11.0. The molecule has 3 aromatic rings. The summed E-state index contributed by atoms with van der Waals surface area (Å²) in [6.45, 7) is 3.48. The number of methoxy groups -OCH3 is 1. The zero-order chi connectivity index (χ0) is 20.1. The van der Waals surface area contributed by atoms with Crippen molar-refractivity contribution in [3.63, 3.8) is 0 Å². The van der Waals surface area contributed by atoms with Gasteiger partial charge in [0, 0.05) is 22.5 Å². The molecule has 0 fully saturated rings. The molecule has 0 aliphatic carbocycles. The minimum absolute atomic E-state index is 0.220. The molecule has 0 aliphatic heterocycles. The Bertz CT molecular complexity index is 992. The first-order valence-electron chi connectivity index (χ1n) is 8.53.